The number of halogens is 2. The van der Waals surface area contributed by atoms with Crippen LogP contribution in [0.3, 0.4) is 0 Å². The van der Waals surface area contributed by atoms with Gasteiger partial charge in [-0.25, -0.2) is 13.8 Å². The Morgan fingerprint density at radius 3 is 2.52 bits per heavy atom. The molecule has 0 unspecified atom stereocenters. The Balaban J connectivity index is 1.76. The van der Waals surface area contributed by atoms with Gasteiger partial charge in [0.25, 0.3) is 5.91 Å². The number of para-hydroxylation sites is 1. The molecule has 0 atom stereocenters. The topological polar surface area (TPSA) is 88.1 Å². The number of piperidine rings is 1. The normalized spacial score (nSPS) is 15.7. The fraction of sp³-hybridized carbons (Fsp3) is 0.333. The van der Waals surface area contributed by atoms with E-state index in [9.17, 15) is 22.0 Å². The van der Waals surface area contributed by atoms with Crippen LogP contribution in [-0.4, -0.2) is 44.0 Å². The van der Waals surface area contributed by atoms with Crippen molar-refractivity contribution in [3.63, 3.8) is 0 Å². The van der Waals surface area contributed by atoms with Crippen molar-refractivity contribution >= 4 is 21.6 Å². The fourth-order valence-electron chi connectivity index (χ4n) is 3.28. The zero-order valence-corrected chi connectivity index (χ0v) is 17.7. The lowest BCUT2D eigenvalue weighted by molar-refractivity contribution is -0.0499. The molecule has 10 heteroatoms. The third-order valence-corrected chi connectivity index (χ3v) is 6.76. The average Bonchev–Trinajstić information content (AvgIpc) is 2.78. The van der Waals surface area contributed by atoms with E-state index < -0.39 is 22.5 Å². The van der Waals surface area contributed by atoms with Crippen molar-refractivity contribution in [2.75, 3.05) is 13.1 Å². The first-order valence-electron chi connectivity index (χ1n) is 9.78. The predicted molar refractivity (Wildman–Crippen MR) is 112 cm³/mol. The molecule has 0 bridgehead atoms. The van der Waals surface area contributed by atoms with Crippen molar-refractivity contribution in [3.8, 4) is 5.75 Å². The molecule has 31 heavy (non-hydrogen) atoms. The Labute approximate surface area is 179 Å². The number of nitrogens with zero attached hydrogens (tertiary/aromatic N) is 2. The van der Waals surface area contributed by atoms with Crippen LogP contribution in [0.4, 0.5) is 8.78 Å². The number of rotatable bonds is 7. The Hall–Kier alpha value is -2.85. The van der Waals surface area contributed by atoms with E-state index in [-0.39, 0.29) is 21.9 Å². The largest absolute Gasteiger partial charge is 0.434 e. The maximum atomic E-state index is 12.8. The van der Waals surface area contributed by atoms with Gasteiger partial charge in [-0.2, -0.15) is 18.2 Å². The van der Waals surface area contributed by atoms with Crippen molar-refractivity contribution in [1.82, 2.24) is 9.73 Å². The first-order chi connectivity index (χ1) is 14.8. The second kappa shape index (κ2) is 9.97. The van der Waals surface area contributed by atoms with Crippen LogP contribution in [0.15, 0.2) is 58.5 Å². The minimum absolute atomic E-state index is 0.0402. The minimum Gasteiger partial charge on any atom is -0.434 e. The standard InChI is InChI=1S/C21H23F2N3O4S/c1-15(18-10-3-4-11-19(18)30-21(22)23)24-25-20(27)16-8-7-9-17(14-16)31(28,29)26-12-5-2-6-13-26/h3-4,7-11,14,21H,2,5-6,12-13H2,1H3,(H,25,27). The molecule has 1 amide bonds. The summed E-state index contributed by atoms with van der Waals surface area (Å²) >= 11 is 0. The van der Waals surface area contributed by atoms with Gasteiger partial charge in [-0.05, 0) is 50.1 Å². The monoisotopic (exact) mass is 451 g/mol. The number of carbonyl (C=O) groups excluding carboxylic acids is 1. The molecule has 1 N–H and O–H groups in total. The lowest BCUT2D eigenvalue weighted by Gasteiger charge is -2.25. The van der Waals surface area contributed by atoms with Crippen molar-refractivity contribution in [2.24, 2.45) is 5.10 Å². The van der Waals surface area contributed by atoms with Crippen LogP contribution < -0.4 is 10.2 Å². The molecule has 0 aromatic heterocycles. The zero-order chi connectivity index (χ0) is 22.4. The van der Waals surface area contributed by atoms with Crippen LogP contribution in [0.5, 0.6) is 5.75 Å². The van der Waals surface area contributed by atoms with Crippen LogP contribution in [0, 0.1) is 0 Å². The smallest absolute Gasteiger partial charge is 0.387 e. The highest BCUT2D eigenvalue weighted by Crippen LogP contribution is 2.22. The molecule has 0 saturated carbocycles. The molecule has 1 saturated heterocycles. The zero-order valence-electron chi connectivity index (χ0n) is 16.9. The van der Waals surface area contributed by atoms with Gasteiger partial charge in [0.1, 0.15) is 5.75 Å². The molecule has 1 heterocycles. The number of amides is 1. The lowest BCUT2D eigenvalue weighted by Crippen LogP contribution is -2.35. The van der Waals surface area contributed by atoms with E-state index in [1.807, 2.05) is 0 Å². The van der Waals surface area contributed by atoms with Gasteiger partial charge in [0.15, 0.2) is 0 Å². The van der Waals surface area contributed by atoms with E-state index in [0.29, 0.717) is 18.7 Å². The summed E-state index contributed by atoms with van der Waals surface area (Å²) in [5, 5.41) is 3.95. The van der Waals surface area contributed by atoms with Gasteiger partial charge >= 0.3 is 6.61 Å². The summed E-state index contributed by atoms with van der Waals surface area (Å²) in [5.74, 6) is -0.690. The van der Waals surface area contributed by atoms with Crippen LogP contribution >= 0.6 is 0 Å². The summed E-state index contributed by atoms with van der Waals surface area (Å²) in [6.07, 6.45) is 2.62. The van der Waals surface area contributed by atoms with E-state index in [0.717, 1.165) is 19.3 Å². The Bertz CT molecular complexity index is 1070. The molecule has 166 valence electrons. The molecule has 1 aliphatic heterocycles. The van der Waals surface area contributed by atoms with Gasteiger partial charge < -0.3 is 4.74 Å². The maximum Gasteiger partial charge on any atom is 0.387 e. The van der Waals surface area contributed by atoms with Crippen molar-refractivity contribution < 1.29 is 26.7 Å². The Morgan fingerprint density at radius 1 is 1.10 bits per heavy atom. The molecule has 1 fully saturated rings. The number of carbonyl (C=O) groups is 1. The molecule has 3 rings (SSSR count). The summed E-state index contributed by atoms with van der Waals surface area (Å²) in [6, 6.07) is 11.8. The van der Waals surface area contributed by atoms with E-state index >= 15 is 0 Å². The number of alkyl halides is 2. The first-order valence-corrected chi connectivity index (χ1v) is 11.2. The molecule has 0 radical (unpaired) electrons. The van der Waals surface area contributed by atoms with E-state index in [1.165, 1.54) is 47.6 Å². The van der Waals surface area contributed by atoms with Crippen molar-refractivity contribution in [1.29, 1.82) is 0 Å². The predicted octanol–water partition coefficient (Wildman–Crippen LogP) is 3.62. The number of benzene rings is 2. The highest BCUT2D eigenvalue weighted by atomic mass is 32.2. The summed E-state index contributed by atoms with van der Waals surface area (Å²) in [7, 11) is -3.68. The number of nitrogens with one attached hydrogen (secondary N) is 1. The number of sulfonamides is 1. The molecule has 2 aromatic rings. The molecular weight excluding hydrogens is 428 g/mol. The van der Waals surface area contributed by atoms with Crippen molar-refractivity contribution in [3.05, 3.63) is 59.7 Å². The van der Waals surface area contributed by atoms with E-state index in [4.69, 9.17) is 0 Å². The fourth-order valence-corrected chi connectivity index (χ4v) is 4.84. The summed E-state index contributed by atoms with van der Waals surface area (Å²) in [5.41, 5.74) is 3.00. The van der Waals surface area contributed by atoms with Gasteiger partial charge in [-0.1, -0.05) is 24.6 Å². The quantitative estimate of drug-likeness (QED) is 0.515. The SMILES string of the molecule is CC(=NNC(=O)c1cccc(S(=O)(=O)N2CCCCC2)c1)c1ccccc1OC(F)F. The van der Waals surface area contributed by atoms with Gasteiger partial charge in [-0.15, -0.1) is 0 Å². The number of ether oxygens (including phenoxy) is 1. The second-order valence-electron chi connectivity index (χ2n) is 7.01. The lowest BCUT2D eigenvalue weighted by atomic mass is 10.1. The molecule has 0 aliphatic carbocycles. The molecular formula is C21H23F2N3O4S. The van der Waals surface area contributed by atoms with E-state index in [2.05, 4.69) is 15.3 Å². The van der Waals surface area contributed by atoms with E-state index in [1.54, 1.807) is 12.1 Å². The first kappa shape index (κ1) is 22.8. The average molecular weight is 451 g/mol. The van der Waals surface area contributed by atoms with Crippen LogP contribution in [0.25, 0.3) is 0 Å². The third kappa shape index (κ3) is 5.65. The molecule has 2 aromatic carbocycles. The van der Waals surface area contributed by atoms with Gasteiger partial charge in [0.2, 0.25) is 10.0 Å². The molecule has 1 aliphatic rings. The number of hydrazone groups is 1. The minimum atomic E-state index is -3.68. The Morgan fingerprint density at radius 2 is 1.81 bits per heavy atom. The highest BCUT2D eigenvalue weighted by molar-refractivity contribution is 7.89. The maximum absolute atomic E-state index is 12.8. The van der Waals surface area contributed by atoms with Gasteiger partial charge in [0, 0.05) is 24.2 Å². The van der Waals surface area contributed by atoms with Crippen LogP contribution in [0.2, 0.25) is 0 Å². The van der Waals surface area contributed by atoms with Crippen molar-refractivity contribution in [2.45, 2.75) is 37.7 Å². The van der Waals surface area contributed by atoms with Gasteiger partial charge in [-0.3, -0.25) is 4.79 Å². The Kier molecular flexibility index (Phi) is 7.34. The van der Waals surface area contributed by atoms with Crippen LogP contribution in [0.1, 0.15) is 42.1 Å². The van der Waals surface area contributed by atoms with Crippen LogP contribution in [-0.2, 0) is 10.0 Å². The number of hydrogen-bond donors (Lipinski definition) is 1. The summed E-state index contributed by atoms with van der Waals surface area (Å²) in [4.78, 5) is 12.6. The highest BCUT2D eigenvalue weighted by Gasteiger charge is 2.26. The number of hydrogen-bond acceptors (Lipinski definition) is 5. The second-order valence-corrected chi connectivity index (χ2v) is 8.94. The van der Waals surface area contributed by atoms with Gasteiger partial charge in [0.05, 0.1) is 10.6 Å². The summed E-state index contributed by atoms with van der Waals surface area (Å²) < 4.78 is 56.7. The molecule has 0 spiro atoms. The third-order valence-electron chi connectivity index (χ3n) is 4.87. The summed E-state index contributed by atoms with van der Waals surface area (Å²) in [6.45, 7) is -0.538. The molecule has 7 nitrogen and oxygen atoms in total.